The zero-order chi connectivity index (χ0) is 11.4. The lowest BCUT2D eigenvalue weighted by Gasteiger charge is -2.06. The molecule has 0 fully saturated rings. The quantitative estimate of drug-likeness (QED) is 0.860. The smallest absolute Gasteiger partial charge is 0.219 e. The summed E-state index contributed by atoms with van der Waals surface area (Å²) in [7, 11) is 0. The lowest BCUT2D eigenvalue weighted by Crippen LogP contribution is -2.00. The predicted octanol–water partition coefficient (Wildman–Crippen LogP) is 2.47. The summed E-state index contributed by atoms with van der Waals surface area (Å²) in [6, 6.07) is 11.4. The summed E-state index contributed by atoms with van der Waals surface area (Å²) in [4.78, 5) is 4.11. The Hall–Kier alpha value is -1.94. The molecule has 0 aliphatic rings. The van der Waals surface area contributed by atoms with Crippen molar-refractivity contribution < 1.29 is 9.13 Å². The van der Waals surface area contributed by atoms with Crippen molar-refractivity contribution >= 4 is 0 Å². The molecule has 1 aromatic carbocycles. The SMILES string of the molecule is NCc1cccc(Oc2ccccc2F)n1. The van der Waals surface area contributed by atoms with Crippen molar-refractivity contribution in [1.82, 2.24) is 4.98 Å². The van der Waals surface area contributed by atoms with Crippen molar-refractivity contribution in [3.05, 3.63) is 54.0 Å². The summed E-state index contributed by atoms with van der Waals surface area (Å²) in [5.74, 6) is 0.0830. The summed E-state index contributed by atoms with van der Waals surface area (Å²) >= 11 is 0. The molecular weight excluding hydrogens is 207 g/mol. The Labute approximate surface area is 92.7 Å². The molecule has 0 spiro atoms. The van der Waals surface area contributed by atoms with Gasteiger partial charge in [-0.1, -0.05) is 18.2 Å². The second-order valence-corrected chi connectivity index (χ2v) is 3.20. The minimum atomic E-state index is -0.414. The van der Waals surface area contributed by atoms with Crippen molar-refractivity contribution in [2.75, 3.05) is 0 Å². The molecule has 0 saturated heterocycles. The first-order valence-corrected chi connectivity index (χ1v) is 4.88. The Morgan fingerprint density at radius 2 is 1.94 bits per heavy atom. The Morgan fingerprint density at radius 3 is 2.69 bits per heavy atom. The molecule has 0 radical (unpaired) electrons. The van der Waals surface area contributed by atoms with Crippen LogP contribution in [0.5, 0.6) is 11.6 Å². The van der Waals surface area contributed by atoms with E-state index in [1.54, 1.807) is 36.4 Å². The third-order valence-electron chi connectivity index (χ3n) is 2.04. The average Bonchev–Trinajstić information content (AvgIpc) is 2.32. The maximum Gasteiger partial charge on any atom is 0.219 e. The zero-order valence-electron chi connectivity index (χ0n) is 8.56. The zero-order valence-corrected chi connectivity index (χ0v) is 8.56. The van der Waals surface area contributed by atoms with E-state index in [2.05, 4.69) is 4.98 Å². The van der Waals surface area contributed by atoms with Gasteiger partial charge in [0.15, 0.2) is 11.6 Å². The minimum Gasteiger partial charge on any atom is -0.436 e. The molecule has 4 heteroatoms. The van der Waals surface area contributed by atoms with Crippen LogP contribution in [-0.2, 0) is 6.54 Å². The molecule has 0 atom stereocenters. The van der Waals surface area contributed by atoms with Crippen molar-refractivity contribution in [2.45, 2.75) is 6.54 Å². The highest BCUT2D eigenvalue weighted by Gasteiger charge is 2.04. The van der Waals surface area contributed by atoms with Crippen LogP contribution in [0.15, 0.2) is 42.5 Å². The van der Waals surface area contributed by atoms with Crippen molar-refractivity contribution in [3.63, 3.8) is 0 Å². The van der Waals surface area contributed by atoms with Crippen LogP contribution in [0, 0.1) is 5.82 Å². The number of rotatable bonds is 3. The Morgan fingerprint density at radius 1 is 1.12 bits per heavy atom. The van der Waals surface area contributed by atoms with Gasteiger partial charge in [0.2, 0.25) is 5.88 Å². The summed E-state index contributed by atoms with van der Waals surface area (Å²) in [6.07, 6.45) is 0. The van der Waals surface area contributed by atoms with Crippen molar-refractivity contribution in [3.8, 4) is 11.6 Å². The third kappa shape index (κ3) is 2.35. The van der Waals surface area contributed by atoms with Crippen molar-refractivity contribution in [1.29, 1.82) is 0 Å². The van der Waals surface area contributed by atoms with Crippen molar-refractivity contribution in [2.24, 2.45) is 5.73 Å². The lowest BCUT2D eigenvalue weighted by molar-refractivity contribution is 0.426. The van der Waals surface area contributed by atoms with Crippen LogP contribution in [0.1, 0.15) is 5.69 Å². The summed E-state index contributed by atoms with van der Waals surface area (Å²) in [6.45, 7) is 0.328. The van der Waals surface area contributed by atoms with E-state index in [9.17, 15) is 4.39 Å². The standard InChI is InChI=1S/C12H11FN2O/c13-10-5-1-2-6-11(10)16-12-7-3-4-9(8-14)15-12/h1-7H,8,14H2. The number of halogens is 1. The van der Waals surface area contributed by atoms with Crippen LogP contribution in [0.3, 0.4) is 0 Å². The topological polar surface area (TPSA) is 48.1 Å². The second-order valence-electron chi connectivity index (χ2n) is 3.20. The molecule has 0 aliphatic heterocycles. The van der Waals surface area contributed by atoms with Gasteiger partial charge >= 0.3 is 0 Å². The number of para-hydroxylation sites is 1. The van der Waals surface area contributed by atoms with Gasteiger partial charge in [0.05, 0.1) is 5.69 Å². The first-order valence-electron chi connectivity index (χ1n) is 4.88. The molecule has 0 saturated carbocycles. The van der Waals surface area contributed by atoms with Gasteiger partial charge in [0, 0.05) is 12.6 Å². The molecule has 0 amide bonds. The molecule has 1 heterocycles. The van der Waals surface area contributed by atoms with Crippen LogP contribution in [0.2, 0.25) is 0 Å². The third-order valence-corrected chi connectivity index (χ3v) is 2.04. The van der Waals surface area contributed by atoms with E-state index in [1.807, 2.05) is 0 Å². The van der Waals surface area contributed by atoms with Crippen LogP contribution >= 0.6 is 0 Å². The molecule has 0 bridgehead atoms. The molecular formula is C12H11FN2O. The van der Waals surface area contributed by atoms with Gasteiger partial charge in [-0.05, 0) is 18.2 Å². The fourth-order valence-corrected chi connectivity index (χ4v) is 1.27. The first kappa shape index (κ1) is 10.6. The van der Waals surface area contributed by atoms with Crippen LogP contribution in [0.25, 0.3) is 0 Å². The molecule has 0 aliphatic carbocycles. The van der Waals surface area contributed by atoms with Gasteiger partial charge in [-0.25, -0.2) is 9.37 Å². The molecule has 3 nitrogen and oxygen atoms in total. The van der Waals surface area contributed by atoms with E-state index < -0.39 is 5.82 Å². The van der Waals surface area contributed by atoms with E-state index in [0.29, 0.717) is 18.1 Å². The fraction of sp³-hybridized carbons (Fsp3) is 0.0833. The predicted molar refractivity (Wildman–Crippen MR) is 58.6 cm³/mol. The van der Waals surface area contributed by atoms with E-state index in [1.165, 1.54) is 6.07 Å². The number of hydrogen-bond acceptors (Lipinski definition) is 3. The van der Waals surface area contributed by atoms with Gasteiger partial charge < -0.3 is 10.5 Å². The normalized spacial score (nSPS) is 10.1. The minimum absolute atomic E-state index is 0.157. The Kier molecular flexibility index (Phi) is 3.12. The molecule has 2 N–H and O–H groups in total. The highest BCUT2D eigenvalue weighted by molar-refractivity contribution is 5.28. The van der Waals surface area contributed by atoms with Gasteiger partial charge in [0.1, 0.15) is 0 Å². The fourth-order valence-electron chi connectivity index (χ4n) is 1.27. The Balaban J connectivity index is 2.24. The van der Waals surface area contributed by atoms with Gasteiger partial charge in [-0.2, -0.15) is 0 Å². The number of nitrogens with two attached hydrogens (primary N) is 1. The van der Waals surface area contributed by atoms with Gasteiger partial charge in [-0.15, -0.1) is 0 Å². The Bertz CT molecular complexity index is 488. The van der Waals surface area contributed by atoms with Gasteiger partial charge in [0.25, 0.3) is 0 Å². The lowest BCUT2D eigenvalue weighted by atomic mass is 10.3. The monoisotopic (exact) mass is 218 g/mol. The molecule has 16 heavy (non-hydrogen) atoms. The van der Waals surface area contributed by atoms with Gasteiger partial charge in [-0.3, -0.25) is 0 Å². The average molecular weight is 218 g/mol. The number of aromatic nitrogens is 1. The number of hydrogen-bond donors (Lipinski definition) is 1. The largest absolute Gasteiger partial charge is 0.436 e. The van der Waals surface area contributed by atoms with Crippen LogP contribution in [0.4, 0.5) is 4.39 Å². The van der Waals surface area contributed by atoms with E-state index in [4.69, 9.17) is 10.5 Å². The molecule has 0 unspecified atom stereocenters. The number of benzene rings is 1. The highest BCUT2D eigenvalue weighted by atomic mass is 19.1. The highest BCUT2D eigenvalue weighted by Crippen LogP contribution is 2.22. The first-order chi connectivity index (χ1) is 7.79. The number of pyridine rings is 1. The molecule has 2 aromatic rings. The molecule has 1 aromatic heterocycles. The van der Waals surface area contributed by atoms with Crippen LogP contribution < -0.4 is 10.5 Å². The number of ether oxygens (including phenoxy) is 1. The number of nitrogens with zero attached hydrogens (tertiary/aromatic N) is 1. The van der Waals surface area contributed by atoms with E-state index in [0.717, 1.165) is 0 Å². The van der Waals surface area contributed by atoms with E-state index >= 15 is 0 Å². The molecule has 82 valence electrons. The summed E-state index contributed by atoms with van der Waals surface area (Å²) in [5.41, 5.74) is 6.15. The maximum absolute atomic E-state index is 13.3. The molecule has 2 rings (SSSR count). The van der Waals surface area contributed by atoms with E-state index in [-0.39, 0.29) is 5.75 Å². The maximum atomic E-state index is 13.3. The second kappa shape index (κ2) is 4.72. The summed E-state index contributed by atoms with van der Waals surface area (Å²) in [5, 5.41) is 0. The van der Waals surface area contributed by atoms with Crippen LogP contribution in [-0.4, -0.2) is 4.98 Å². The summed E-state index contributed by atoms with van der Waals surface area (Å²) < 4.78 is 18.6.